The van der Waals surface area contributed by atoms with Gasteiger partial charge in [-0.3, -0.25) is 9.44 Å². The van der Waals surface area contributed by atoms with Crippen molar-refractivity contribution in [1.82, 2.24) is 0 Å². The fourth-order valence-corrected chi connectivity index (χ4v) is 5.13. The highest BCUT2D eigenvalue weighted by atomic mass is 32.2. The topological polar surface area (TPSA) is 148 Å². The first-order valence-corrected chi connectivity index (χ1v) is 12.5. The third kappa shape index (κ3) is 5.02. The number of fused-ring (bicyclic) bond motifs is 1. The lowest BCUT2D eigenvalue weighted by Crippen LogP contribution is -2.17. The molecule has 10 nitrogen and oxygen atoms in total. The summed E-state index contributed by atoms with van der Waals surface area (Å²) in [6, 6.07) is 14.6. The molecule has 33 heavy (non-hydrogen) atoms. The van der Waals surface area contributed by atoms with Gasteiger partial charge in [-0.2, -0.15) is 0 Å². The summed E-state index contributed by atoms with van der Waals surface area (Å²) >= 11 is 0. The summed E-state index contributed by atoms with van der Waals surface area (Å²) in [5.41, 5.74) is 0.377. The summed E-state index contributed by atoms with van der Waals surface area (Å²) in [6.45, 7) is 0.714. The molecule has 1 aliphatic rings. The third-order valence-corrected chi connectivity index (χ3v) is 7.40. The van der Waals surface area contributed by atoms with Crippen LogP contribution in [0.1, 0.15) is 10.4 Å². The predicted molar refractivity (Wildman–Crippen MR) is 119 cm³/mol. The van der Waals surface area contributed by atoms with E-state index in [4.69, 9.17) is 14.6 Å². The van der Waals surface area contributed by atoms with Crippen LogP contribution in [0.5, 0.6) is 11.5 Å². The fraction of sp³-hybridized carbons (Fsp3) is 0.0952. The van der Waals surface area contributed by atoms with Crippen LogP contribution in [-0.4, -0.2) is 41.1 Å². The maximum Gasteiger partial charge on any atom is 0.335 e. The van der Waals surface area contributed by atoms with E-state index in [1.807, 2.05) is 0 Å². The van der Waals surface area contributed by atoms with Crippen molar-refractivity contribution in [3.8, 4) is 11.5 Å². The van der Waals surface area contributed by atoms with Crippen molar-refractivity contribution in [1.29, 1.82) is 0 Å². The summed E-state index contributed by atoms with van der Waals surface area (Å²) in [6.07, 6.45) is 0. The molecule has 3 N–H and O–H groups in total. The van der Waals surface area contributed by atoms with E-state index in [9.17, 15) is 21.6 Å². The number of hydrogen-bond donors (Lipinski definition) is 3. The number of rotatable bonds is 7. The van der Waals surface area contributed by atoms with E-state index in [-0.39, 0.29) is 26.7 Å². The van der Waals surface area contributed by atoms with E-state index in [0.29, 0.717) is 24.7 Å². The van der Waals surface area contributed by atoms with Gasteiger partial charge >= 0.3 is 5.97 Å². The number of carbonyl (C=O) groups is 1. The number of nitrogens with one attached hydrogen (secondary N) is 2. The van der Waals surface area contributed by atoms with Crippen LogP contribution >= 0.6 is 0 Å². The Morgan fingerprint density at radius 2 is 1.18 bits per heavy atom. The van der Waals surface area contributed by atoms with Gasteiger partial charge in [0.1, 0.15) is 13.2 Å². The van der Waals surface area contributed by atoms with Gasteiger partial charge in [0.2, 0.25) is 0 Å². The molecular weight excluding hydrogens is 472 g/mol. The molecule has 0 atom stereocenters. The Bertz CT molecular complexity index is 1400. The van der Waals surface area contributed by atoms with Crippen molar-refractivity contribution in [2.45, 2.75) is 9.79 Å². The number of carboxylic acids is 1. The molecule has 0 radical (unpaired) electrons. The lowest BCUT2D eigenvalue weighted by atomic mass is 10.2. The van der Waals surface area contributed by atoms with E-state index in [1.165, 1.54) is 66.7 Å². The average molecular weight is 491 g/mol. The summed E-state index contributed by atoms with van der Waals surface area (Å²) in [4.78, 5) is 10.8. The molecule has 0 aliphatic carbocycles. The van der Waals surface area contributed by atoms with Gasteiger partial charge in [-0.15, -0.1) is 0 Å². The Morgan fingerprint density at radius 3 is 1.73 bits per heavy atom. The number of sulfonamides is 2. The van der Waals surface area contributed by atoms with E-state index < -0.39 is 26.0 Å². The molecule has 0 unspecified atom stereocenters. The molecule has 0 fully saturated rings. The van der Waals surface area contributed by atoms with Crippen molar-refractivity contribution < 1.29 is 36.2 Å². The van der Waals surface area contributed by atoms with Gasteiger partial charge in [-0.05, 0) is 60.7 Å². The molecule has 0 amide bonds. The van der Waals surface area contributed by atoms with E-state index in [2.05, 4.69) is 9.44 Å². The molecule has 0 saturated heterocycles. The van der Waals surface area contributed by atoms with Crippen LogP contribution in [-0.2, 0) is 20.0 Å². The van der Waals surface area contributed by atoms with Crippen LogP contribution in [0.3, 0.4) is 0 Å². The molecule has 1 heterocycles. The third-order valence-electron chi connectivity index (χ3n) is 4.62. The number of anilines is 2. The van der Waals surface area contributed by atoms with Crippen molar-refractivity contribution in [2.75, 3.05) is 22.7 Å². The Hall–Kier alpha value is -3.77. The predicted octanol–water partition coefficient (Wildman–Crippen LogP) is 2.76. The van der Waals surface area contributed by atoms with Crippen molar-refractivity contribution >= 4 is 37.4 Å². The summed E-state index contributed by atoms with van der Waals surface area (Å²) < 4.78 is 66.0. The van der Waals surface area contributed by atoms with Crippen LogP contribution < -0.4 is 18.9 Å². The van der Waals surface area contributed by atoms with Crippen LogP contribution in [0, 0.1) is 0 Å². The standard InChI is InChI=1S/C21H18N2O8S2/c24-21(25)14-1-7-17(8-2-14)32(26,27)22-15-3-5-16(6-4-15)23-33(28,29)18-9-10-19-20(13-18)31-12-11-30-19/h1-10,13,22-23H,11-12H2,(H,24,25). The fourth-order valence-electron chi connectivity index (χ4n) is 3.00. The Morgan fingerprint density at radius 1 is 0.697 bits per heavy atom. The zero-order valence-corrected chi connectivity index (χ0v) is 18.5. The molecule has 0 saturated carbocycles. The molecule has 0 aromatic heterocycles. The molecule has 12 heteroatoms. The largest absolute Gasteiger partial charge is 0.486 e. The van der Waals surface area contributed by atoms with Crippen LogP contribution in [0.2, 0.25) is 0 Å². The minimum Gasteiger partial charge on any atom is -0.486 e. The van der Waals surface area contributed by atoms with E-state index >= 15 is 0 Å². The first kappa shape index (κ1) is 22.4. The van der Waals surface area contributed by atoms with Crippen LogP contribution in [0.15, 0.2) is 76.5 Å². The van der Waals surface area contributed by atoms with Crippen LogP contribution in [0.25, 0.3) is 0 Å². The highest BCUT2D eigenvalue weighted by Gasteiger charge is 2.20. The van der Waals surface area contributed by atoms with Gasteiger partial charge in [-0.1, -0.05) is 0 Å². The lowest BCUT2D eigenvalue weighted by Gasteiger charge is -2.19. The highest BCUT2D eigenvalue weighted by molar-refractivity contribution is 7.93. The van der Waals surface area contributed by atoms with Crippen molar-refractivity contribution in [3.05, 3.63) is 72.3 Å². The molecular formula is C21H18N2O8S2. The molecule has 3 aromatic rings. The van der Waals surface area contributed by atoms with Crippen LogP contribution in [0.4, 0.5) is 11.4 Å². The maximum absolute atomic E-state index is 12.7. The highest BCUT2D eigenvalue weighted by Crippen LogP contribution is 2.32. The lowest BCUT2D eigenvalue weighted by molar-refractivity contribution is 0.0696. The maximum atomic E-state index is 12.7. The molecule has 3 aromatic carbocycles. The Kier molecular flexibility index (Phi) is 5.87. The first-order valence-electron chi connectivity index (χ1n) is 9.53. The molecule has 172 valence electrons. The monoisotopic (exact) mass is 490 g/mol. The van der Waals surface area contributed by atoms with Gasteiger partial charge in [0.05, 0.1) is 15.4 Å². The molecule has 0 bridgehead atoms. The Labute approximate surface area is 189 Å². The van der Waals surface area contributed by atoms with E-state index in [0.717, 1.165) is 0 Å². The summed E-state index contributed by atoms with van der Waals surface area (Å²) in [5, 5.41) is 8.92. The normalized spacial score (nSPS) is 13.2. The number of benzene rings is 3. The van der Waals surface area contributed by atoms with Crippen molar-refractivity contribution in [3.63, 3.8) is 0 Å². The van der Waals surface area contributed by atoms with E-state index in [1.54, 1.807) is 0 Å². The van der Waals surface area contributed by atoms with Gasteiger partial charge in [0, 0.05) is 17.4 Å². The summed E-state index contributed by atoms with van der Waals surface area (Å²) in [5.74, 6) is -0.360. The zero-order valence-electron chi connectivity index (χ0n) is 16.9. The minimum atomic E-state index is -3.96. The number of ether oxygens (including phenoxy) is 2. The summed E-state index contributed by atoms with van der Waals surface area (Å²) in [7, 11) is -7.88. The van der Waals surface area contributed by atoms with Gasteiger partial charge in [-0.25, -0.2) is 21.6 Å². The molecule has 0 spiro atoms. The second-order valence-corrected chi connectivity index (χ2v) is 10.3. The van der Waals surface area contributed by atoms with Gasteiger partial charge in [0.15, 0.2) is 11.5 Å². The number of aromatic carboxylic acids is 1. The molecule has 4 rings (SSSR count). The second-order valence-electron chi connectivity index (χ2n) is 6.92. The smallest absolute Gasteiger partial charge is 0.335 e. The average Bonchev–Trinajstić information content (AvgIpc) is 2.80. The number of hydrogen-bond acceptors (Lipinski definition) is 7. The molecule has 1 aliphatic heterocycles. The van der Waals surface area contributed by atoms with Crippen molar-refractivity contribution in [2.24, 2.45) is 0 Å². The quantitative estimate of drug-likeness (QED) is 0.458. The zero-order chi connectivity index (χ0) is 23.6. The first-order chi connectivity index (χ1) is 15.6. The number of carboxylic acid groups (broad SMARTS) is 1. The SMILES string of the molecule is O=C(O)c1ccc(S(=O)(=O)Nc2ccc(NS(=O)(=O)c3ccc4c(c3)OCCO4)cc2)cc1. The minimum absolute atomic E-state index is 0.0127. The Balaban J connectivity index is 1.47. The second kappa shape index (κ2) is 8.64. The van der Waals surface area contributed by atoms with Gasteiger partial charge in [0.25, 0.3) is 20.0 Å². The van der Waals surface area contributed by atoms with Gasteiger partial charge < -0.3 is 14.6 Å².